The van der Waals surface area contributed by atoms with Crippen LogP contribution in [0.3, 0.4) is 0 Å². The molecule has 1 aromatic heterocycles. The van der Waals surface area contributed by atoms with Gasteiger partial charge in [0.25, 0.3) is 5.91 Å². The number of nitrogens with zero attached hydrogens (tertiary/aromatic N) is 3. The monoisotopic (exact) mass is 356 g/mol. The molecule has 9 heteroatoms. The van der Waals surface area contributed by atoms with Crippen LogP contribution in [0.25, 0.3) is 0 Å². The third-order valence-corrected chi connectivity index (χ3v) is 3.84. The van der Waals surface area contributed by atoms with E-state index in [4.69, 9.17) is 4.74 Å². The average molecular weight is 356 g/mol. The number of para-hydroxylation sites is 2. The standard InChI is InChI=1S/C17H16N4O5/c1-10-7-8-14(16(18-10)21(24)25)26-11(2)17(23)20-9-15(22)19-12-5-3-4-6-13(12)20/h3-8,11H,9H2,1-2H3,(H,19,22)/t11-/m0/s1. The molecule has 0 saturated carbocycles. The van der Waals surface area contributed by atoms with Gasteiger partial charge in [-0.2, -0.15) is 0 Å². The second-order valence-electron chi connectivity index (χ2n) is 5.78. The Morgan fingerprint density at radius 2 is 2.08 bits per heavy atom. The maximum atomic E-state index is 12.8. The Hall–Kier alpha value is -3.49. The first-order valence-electron chi connectivity index (χ1n) is 7.86. The summed E-state index contributed by atoms with van der Waals surface area (Å²) in [5.41, 5.74) is 1.53. The zero-order valence-corrected chi connectivity index (χ0v) is 14.1. The fourth-order valence-corrected chi connectivity index (χ4v) is 2.64. The highest BCUT2D eigenvalue weighted by Gasteiger charge is 2.31. The van der Waals surface area contributed by atoms with Crippen molar-refractivity contribution in [1.82, 2.24) is 4.98 Å². The van der Waals surface area contributed by atoms with E-state index in [1.807, 2.05) is 0 Å². The molecule has 2 heterocycles. The lowest BCUT2D eigenvalue weighted by Gasteiger charge is -2.30. The van der Waals surface area contributed by atoms with Gasteiger partial charge in [-0.05, 0) is 41.1 Å². The van der Waals surface area contributed by atoms with Crippen molar-refractivity contribution in [2.75, 3.05) is 16.8 Å². The summed E-state index contributed by atoms with van der Waals surface area (Å²) >= 11 is 0. The maximum Gasteiger partial charge on any atom is 0.406 e. The molecule has 1 aromatic carbocycles. The number of fused-ring (bicyclic) bond motifs is 1. The first-order chi connectivity index (χ1) is 12.4. The van der Waals surface area contributed by atoms with E-state index in [9.17, 15) is 19.7 Å². The molecule has 2 amide bonds. The van der Waals surface area contributed by atoms with Gasteiger partial charge >= 0.3 is 5.82 Å². The number of amides is 2. The van der Waals surface area contributed by atoms with Gasteiger partial charge in [0, 0.05) is 6.92 Å². The zero-order valence-electron chi connectivity index (χ0n) is 14.1. The average Bonchev–Trinajstić information content (AvgIpc) is 2.61. The molecule has 26 heavy (non-hydrogen) atoms. The molecular weight excluding hydrogens is 340 g/mol. The summed E-state index contributed by atoms with van der Waals surface area (Å²) in [6.45, 7) is 2.94. The lowest BCUT2D eigenvalue weighted by Crippen LogP contribution is -2.47. The van der Waals surface area contributed by atoms with Crippen LogP contribution in [0, 0.1) is 17.0 Å². The minimum atomic E-state index is -1.04. The maximum absolute atomic E-state index is 12.8. The van der Waals surface area contributed by atoms with Gasteiger partial charge in [0.05, 0.1) is 11.4 Å². The number of aryl methyl sites for hydroxylation is 1. The van der Waals surface area contributed by atoms with Crippen molar-refractivity contribution >= 4 is 29.0 Å². The van der Waals surface area contributed by atoms with Crippen LogP contribution in [-0.2, 0) is 9.59 Å². The number of rotatable bonds is 4. The SMILES string of the molecule is Cc1ccc(O[C@@H](C)C(=O)N2CC(=O)Nc3ccccc32)c([N+](=O)[O-])n1. The van der Waals surface area contributed by atoms with Crippen molar-refractivity contribution in [2.24, 2.45) is 0 Å². The topological polar surface area (TPSA) is 115 Å². The van der Waals surface area contributed by atoms with Gasteiger partial charge in [-0.3, -0.25) is 14.5 Å². The number of carbonyl (C=O) groups is 2. The second-order valence-corrected chi connectivity index (χ2v) is 5.78. The summed E-state index contributed by atoms with van der Waals surface area (Å²) in [5, 5.41) is 13.8. The van der Waals surface area contributed by atoms with Crippen molar-refractivity contribution in [1.29, 1.82) is 0 Å². The molecule has 3 rings (SSSR count). The molecule has 0 fully saturated rings. The molecule has 1 N–H and O–H groups in total. The number of hydrogen-bond acceptors (Lipinski definition) is 6. The third-order valence-electron chi connectivity index (χ3n) is 3.84. The van der Waals surface area contributed by atoms with Gasteiger partial charge in [-0.1, -0.05) is 12.1 Å². The van der Waals surface area contributed by atoms with Crippen LogP contribution in [0.2, 0.25) is 0 Å². The van der Waals surface area contributed by atoms with Gasteiger partial charge in [-0.25, -0.2) is 0 Å². The molecule has 2 aromatic rings. The van der Waals surface area contributed by atoms with E-state index in [0.29, 0.717) is 17.1 Å². The molecule has 9 nitrogen and oxygen atoms in total. The summed E-state index contributed by atoms with van der Waals surface area (Å²) in [6.07, 6.45) is -1.04. The molecule has 1 aliphatic heterocycles. The number of nitro groups is 1. The summed E-state index contributed by atoms with van der Waals surface area (Å²) in [7, 11) is 0. The van der Waals surface area contributed by atoms with Crippen LogP contribution in [0.4, 0.5) is 17.2 Å². The van der Waals surface area contributed by atoms with Gasteiger partial charge < -0.3 is 20.2 Å². The minimum absolute atomic E-state index is 0.101. The van der Waals surface area contributed by atoms with Crippen LogP contribution in [0.15, 0.2) is 36.4 Å². The van der Waals surface area contributed by atoms with E-state index >= 15 is 0 Å². The Morgan fingerprint density at radius 3 is 2.81 bits per heavy atom. The zero-order chi connectivity index (χ0) is 18.8. The highest BCUT2D eigenvalue weighted by atomic mass is 16.6. The van der Waals surface area contributed by atoms with E-state index in [1.165, 1.54) is 17.9 Å². The number of hydrogen-bond donors (Lipinski definition) is 1. The molecule has 0 aliphatic carbocycles. The molecule has 0 bridgehead atoms. The van der Waals surface area contributed by atoms with Crippen molar-refractivity contribution < 1.29 is 19.2 Å². The van der Waals surface area contributed by atoms with Gasteiger partial charge in [0.15, 0.2) is 6.10 Å². The lowest BCUT2D eigenvalue weighted by molar-refractivity contribution is -0.390. The highest BCUT2D eigenvalue weighted by Crippen LogP contribution is 2.31. The summed E-state index contributed by atoms with van der Waals surface area (Å²) in [5.74, 6) is -1.37. The smallest absolute Gasteiger partial charge is 0.406 e. The Labute approximate surface area is 148 Å². The summed E-state index contributed by atoms with van der Waals surface area (Å²) in [4.78, 5) is 40.3. The molecule has 1 aliphatic rings. The van der Waals surface area contributed by atoms with Crippen LogP contribution in [0.1, 0.15) is 12.6 Å². The predicted octanol–water partition coefficient (Wildman–Crippen LogP) is 2.05. The van der Waals surface area contributed by atoms with Crippen LogP contribution < -0.4 is 15.0 Å². The fourth-order valence-electron chi connectivity index (χ4n) is 2.64. The van der Waals surface area contributed by atoms with Gasteiger partial charge in [0.2, 0.25) is 11.7 Å². The largest absolute Gasteiger partial charge is 0.473 e. The predicted molar refractivity (Wildman–Crippen MR) is 93.1 cm³/mol. The molecule has 1 atom stereocenters. The summed E-state index contributed by atoms with van der Waals surface area (Å²) in [6, 6.07) is 9.84. The molecule has 0 saturated heterocycles. The van der Waals surface area contributed by atoms with Gasteiger partial charge in [0.1, 0.15) is 12.2 Å². The van der Waals surface area contributed by atoms with Crippen molar-refractivity contribution in [2.45, 2.75) is 20.0 Å². The number of pyridine rings is 1. The van der Waals surface area contributed by atoms with Crippen molar-refractivity contribution in [3.8, 4) is 5.75 Å². The van der Waals surface area contributed by atoms with E-state index in [0.717, 1.165) is 0 Å². The normalized spacial score (nSPS) is 14.2. The number of aromatic nitrogens is 1. The van der Waals surface area contributed by atoms with Crippen LogP contribution >= 0.6 is 0 Å². The molecule has 0 unspecified atom stereocenters. The number of anilines is 2. The first kappa shape index (κ1) is 17.3. The fraction of sp³-hybridized carbons (Fsp3) is 0.235. The number of nitrogens with one attached hydrogen (secondary N) is 1. The van der Waals surface area contributed by atoms with E-state index in [-0.39, 0.29) is 18.2 Å². The van der Waals surface area contributed by atoms with E-state index in [2.05, 4.69) is 10.3 Å². The lowest BCUT2D eigenvalue weighted by atomic mass is 10.1. The van der Waals surface area contributed by atoms with Gasteiger partial charge in [-0.15, -0.1) is 0 Å². The van der Waals surface area contributed by atoms with E-state index in [1.54, 1.807) is 37.3 Å². The first-order valence-corrected chi connectivity index (χ1v) is 7.86. The quantitative estimate of drug-likeness (QED) is 0.662. The van der Waals surface area contributed by atoms with Crippen molar-refractivity contribution in [3.63, 3.8) is 0 Å². The number of carbonyl (C=O) groups excluding carboxylic acids is 2. The minimum Gasteiger partial charge on any atom is -0.473 e. The molecule has 134 valence electrons. The number of benzene rings is 1. The Balaban J connectivity index is 1.85. The van der Waals surface area contributed by atoms with E-state index < -0.39 is 22.8 Å². The molecule has 0 spiro atoms. The second kappa shape index (κ2) is 6.79. The Morgan fingerprint density at radius 1 is 1.35 bits per heavy atom. The third kappa shape index (κ3) is 3.32. The summed E-state index contributed by atoms with van der Waals surface area (Å²) < 4.78 is 5.50. The highest BCUT2D eigenvalue weighted by molar-refractivity contribution is 6.10. The van der Waals surface area contributed by atoms with Crippen LogP contribution in [0.5, 0.6) is 5.75 Å². The van der Waals surface area contributed by atoms with Crippen LogP contribution in [-0.4, -0.2) is 34.4 Å². The molecular formula is C17H16N4O5. The number of ether oxygens (including phenoxy) is 1. The van der Waals surface area contributed by atoms with Crippen molar-refractivity contribution in [3.05, 3.63) is 52.2 Å². The Kier molecular flexibility index (Phi) is 4.53. The Bertz CT molecular complexity index is 898. The molecule has 0 radical (unpaired) electrons.